The summed E-state index contributed by atoms with van der Waals surface area (Å²) in [4.78, 5) is 20.1. The summed E-state index contributed by atoms with van der Waals surface area (Å²) >= 11 is 6.01. The van der Waals surface area contributed by atoms with E-state index in [1.165, 1.54) is 7.11 Å². The number of hydrogen-bond acceptors (Lipinski definition) is 6. The second kappa shape index (κ2) is 6.29. The molecule has 0 unspecified atom stereocenters. The number of aryl methyl sites for hydroxylation is 1. The summed E-state index contributed by atoms with van der Waals surface area (Å²) in [6.07, 6.45) is 0.312. The van der Waals surface area contributed by atoms with E-state index in [4.69, 9.17) is 21.1 Å². The van der Waals surface area contributed by atoms with Crippen LogP contribution in [0.3, 0.4) is 0 Å². The average molecular weight is 336 g/mol. The summed E-state index contributed by atoms with van der Waals surface area (Å²) in [6.45, 7) is 3.60. The van der Waals surface area contributed by atoms with Crippen LogP contribution in [0.5, 0.6) is 0 Å². The summed E-state index contributed by atoms with van der Waals surface area (Å²) in [5.41, 5.74) is 1.63. The number of aromatic nitrogens is 2. The van der Waals surface area contributed by atoms with Gasteiger partial charge in [-0.25, -0.2) is 9.97 Å². The normalized spacial score (nSPS) is 16.0. The van der Waals surface area contributed by atoms with Gasteiger partial charge in [0.2, 0.25) is 5.28 Å². The Hall–Kier alpha value is -1.92. The van der Waals surface area contributed by atoms with Crippen molar-refractivity contribution in [1.82, 2.24) is 9.97 Å². The van der Waals surface area contributed by atoms with Crippen molar-refractivity contribution in [2.24, 2.45) is 5.41 Å². The van der Waals surface area contributed by atoms with Gasteiger partial charge in [0.05, 0.1) is 32.3 Å². The second-order valence-electron chi connectivity index (χ2n) is 5.96. The molecule has 3 rings (SSSR count). The van der Waals surface area contributed by atoms with Crippen molar-refractivity contribution < 1.29 is 14.3 Å². The van der Waals surface area contributed by atoms with Gasteiger partial charge in [-0.3, -0.25) is 4.79 Å². The van der Waals surface area contributed by atoms with Crippen LogP contribution in [0.4, 0.5) is 5.82 Å². The van der Waals surface area contributed by atoms with Crippen molar-refractivity contribution in [3.63, 3.8) is 0 Å². The van der Waals surface area contributed by atoms with Crippen molar-refractivity contribution in [2.45, 2.75) is 13.3 Å². The van der Waals surface area contributed by atoms with Crippen molar-refractivity contribution in [2.75, 3.05) is 32.2 Å². The van der Waals surface area contributed by atoms with E-state index < -0.39 is 0 Å². The number of hydrogen-bond donors (Lipinski definition) is 1. The summed E-state index contributed by atoms with van der Waals surface area (Å²) in [5, 5.41) is 4.40. The van der Waals surface area contributed by atoms with Crippen LogP contribution < -0.4 is 5.32 Å². The Balaban J connectivity index is 1.83. The van der Waals surface area contributed by atoms with Crippen LogP contribution in [-0.2, 0) is 14.3 Å². The van der Waals surface area contributed by atoms with Gasteiger partial charge < -0.3 is 14.8 Å². The van der Waals surface area contributed by atoms with Crippen molar-refractivity contribution in [1.29, 1.82) is 0 Å². The zero-order chi connectivity index (χ0) is 16.4. The molecule has 0 amide bonds. The number of methoxy groups -OCH3 is 1. The van der Waals surface area contributed by atoms with Crippen LogP contribution >= 0.6 is 11.6 Å². The maximum absolute atomic E-state index is 11.6. The van der Waals surface area contributed by atoms with Gasteiger partial charge >= 0.3 is 5.97 Å². The minimum atomic E-state index is -0.263. The number of rotatable bonds is 5. The largest absolute Gasteiger partial charge is 0.469 e. The zero-order valence-electron chi connectivity index (χ0n) is 13.1. The molecule has 122 valence electrons. The highest BCUT2D eigenvalue weighted by Crippen LogP contribution is 2.33. The van der Waals surface area contributed by atoms with Gasteiger partial charge in [-0.2, -0.15) is 0 Å². The molecule has 0 atom stereocenters. The number of anilines is 1. The average Bonchev–Trinajstić information content (AvgIpc) is 2.49. The zero-order valence-corrected chi connectivity index (χ0v) is 13.8. The van der Waals surface area contributed by atoms with Gasteiger partial charge in [-0.1, -0.05) is 11.6 Å². The number of carbonyl (C=O) groups is 1. The van der Waals surface area contributed by atoms with Crippen LogP contribution in [0.2, 0.25) is 5.28 Å². The Bertz CT molecular complexity index is 747. The second-order valence-corrected chi connectivity index (χ2v) is 6.30. The molecular weight excluding hydrogens is 318 g/mol. The first-order valence-corrected chi connectivity index (χ1v) is 7.71. The molecule has 1 aliphatic heterocycles. The van der Waals surface area contributed by atoms with E-state index in [-0.39, 0.29) is 16.7 Å². The minimum absolute atomic E-state index is 0.190. The maximum atomic E-state index is 11.6. The Labute approximate surface area is 139 Å². The highest BCUT2D eigenvalue weighted by atomic mass is 35.5. The molecule has 0 radical (unpaired) electrons. The molecule has 0 bridgehead atoms. The van der Waals surface area contributed by atoms with Crippen LogP contribution in [0.15, 0.2) is 18.2 Å². The standard InChI is InChI=1S/C16H18ClN3O3/c1-10-3-4-12-11(5-10)14(20-15(17)19-12)18-7-16(8-23-9-16)6-13(21)22-2/h3-5H,6-9H2,1-2H3,(H,18,19,20). The third-order valence-electron chi connectivity index (χ3n) is 4.02. The highest BCUT2D eigenvalue weighted by Gasteiger charge is 2.41. The maximum Gasteiger partial charge on any atom is 0.306 e. The fourth-order valence-corrected chi connectivity index (χ4v) is 2.83. The molecule has 7 heteroatoms. The lowest BCUT2D eigenvalue weighted by molar-refractivity contribution is -0.157. The fourth-order valence-electron chi connectivity index (χ4n) is 2.66. The van der Waals surface area contributed by atoms with E-state index >= 15 is 0 Å². The number of carbonyl (C=O) groups excluding carboxylic acids is 1. The predicted octanol–water partition coefficient (Wildman–Crippen LogP) is 2.58. The number of halogens is 1. The summed E-state index contributed by atoms with van der Waals surface area (Å²) in [5.74, 6) is 0.427. The minimum Gasteiger partial charge on any atom is -0.469 e. The number of nitrogens with zero attached hydrogens (tertiary/aromatic N) is 2. The van der Waals surface area contributed by atoms with E-state index in [0.29, 0.717) is 32.0 Å². The molecule has 0 saturated carbocycles. The Morgan fingerprint density at radius 3 is 2.87 bits per heavy atom. The molecule has 1 saturated heterocycles. The van der Waals surface area contributed by atoms with Crippen molar-refractivity contribution in [3.8, 4) is 0 Å². The molecule has 1 aromatic heterocycles. The summed E-state index contributed by atoms with van der Waals surface area (Å²) in [6, 6.07) is 5.91. The molecule has 0 spiro atoms. The molecule has 1 aromatic carbocycles. The Morgan fingerprint density at radius 1 is 1.43 bits per heavy atom. The molecule has 1 N–H and O–H groups in total. The summed E-state index contributed by atoms with van der Waals surface area (Å²) in [7, 11) is 1.39. The summed E-state index contributed by atoms with van der Waals surface area (Å²) < 4.78 is 10.1. The number of esters is 1. The van der Waals surface area contributed by atoms with Crippen molar-refractivity contribution >= 4 is 34.3 Å². The van der Waals surface area contributed by atoms with Crippen LogP contribution in [0.1, 0.15) is 12.0 Å². The Morgan fingerprint density at radius 2 is 2.22 bits per heavy atom. The van der Waals surface area contributed by atoms with Crippen LogP contribution in [-0.4, -0.2) is 42.8 Å². The van der Waals surface area contributed by atoms with E-state index in [1.54, 1.807) is 0 Å². The third-order valence-corrected chi connectivity index (χ3v) is 4.19. The number of fused-ring (bicyclic) bond motifs is 1. The monoisotopic (exact) mass is 335 g/mol. The van der Waals surface area contributed by atoms with E-state index in [2.05, 4.69) is 15.3 Å². The highest BCUT2D eigenvalue weighted by molar-refractivity contribution is 6.28. The molecule has 6 nitrogen and oxygen atoms in total. The van der Waals surface area contributed by atoms with Crippen molar-refractivity contribution in [3.05, 3.63) is 29.0 Å². The number of benzene rings is 1. The Kier molecular flexibility index (Phi) is 4.37. The number of nitrogens with one attached hydrogen (secondary N) is 1. The lowest BCUT2D eigenvalue weighted by Crippen LogP contribution is -2.49. The van der Waals surface area contributed by atoms with Gasteiger partial charge in [-0.15, -0.1) is 0 Å². The van der Waals surface area contributed by atoms with E-state index in [1.807, 2.05) is 25.1 Å². The van der Waals surface area contributed by atoms with E-state index in [0.717, 1.165) is 16.5 Å². The molecule has 1 aliphatic rings. The molecular formula is C16H18ClN3O3. The molecule has 2 heterocycles. The first-order chi connectivity index (χ1) is 11.0. The predicted molar refractivity (Wildman–Crippen MR) is 87.7 cm³/mol. The molecule has 0 aliphatic carbocycles. The smallest absolute Gasteiger partial charge is 0.306 e. The third kappa shape index (κ3) is 3.38. The van der Waals surface area contributed by atoms with Gasteiger partial charge in [0, 0.05) is 17.3 Å². The molecule has 2 aromatic rings. The lowest BCUT2D eigenvalue weighted by atomic mass is 9.82. The van der Waals surface area contributed by atoms with Gasteiger partial charge in [0.15, 0.2) is 0 Å². The fraction of sp³-hybridized carbons (Fsp3) is 0.438. The molecule has 23 heavy (non-hydrogen) atoms. The number of ether oxygens (including phenoxy) is 2. The van der Waals surface area contributed by atoms with Crippen LogP contribution in [0.25, 0.3) is 10.9 Å². The first kappa shape index (κ1) is 16.0. The van der Waals surface area contributed by atoms with Crippen LogP contribution in [0, 0.1) is 12.3 Å². The molecule has 1 fully saturated rings. The quantitative estimate of drug-likeness (QED) is 0.668. The first-order valence-electron chi connectivity index (χ1n) is 7.34. The van der Waals surface area contributed by atoms with Gasteiger partial charge in [0.25, 0.3) is 0 Å². The van der Waals surface area contributed by atoms with E-state index in [9.17, 15) is 4.79 Å². The topological polar surface area (TPSA) is 73.3 Å². The SMILES string of the molecule is COC(=O)CC1(CNc2nc(Cl)nc3ccc(C)cc23)COC1. The van der Waals surface area contributed by atoms with Gasteiger partial charge in [0.1, 0.15) is 5.82 Å². The lowest BCUT2D eigenvalue weighted by Gasteiger charge is -2.40. The van der Waals surface area contributed by atoms with Gasteiger partial charge in [-0.05, 0) is 30.7 Å².